The predicted molar refractivity (Wildman–Crippen MR) is 74.5 cm³/mol. The first-order chi connectivity index (χ1) is 8.33. The third kappa shape index (κ3) is 2.89. The fraction of sp³-hybridized carbons (Fsp3) is 0.467. The highest BCUT2D eigenvalue weighted by molar-refractivity contribution is 5.81. The van der Waals surface area contributed by atoms with Gasteiger partial charge in [-0.1, -0.05) is 25.1 Å². The molecule has 0 spiro atoms. The van der Waals surface area contributed by atoms with Crippen LogP contribution in [0.1, 0.15) is 25.5 Å². The second-order valence-corrected chi connectivity index (χ2v) is 4.60. The highest BCUT2D eigenvalue weighted by Crippen LogP contribution is 2.19. The van der Waals surface area contributed by atoms with Gasteiger partial charge in [0.2, 0.25) is 0 Å². The van der Waals surface area contributed by atoms with Crippen LogP contribution in [0.3, 0.4) is 0 Å². The van der Waals surface area contributed by atoms with Gasteiger partial charge in [-0.3, -0.25) is 0 Å². The fourth-order valence-corrected chi connectivity index (χ4v) is 2.31. The summed E-state index contributed by atoms with van der Waals surface area (Å²) in [5, 5.41) is 4.80. The Kier molecular flexibility index (Phi) is 4.21. The molecule has 2 nitrogen and oxygen atoms in total. The fourth-order valence-electron chi connectivity index (χ4n) is 2.31. The maximum absolute atomic E-state index is 3.45. The van der Waals surface area contributed by atoms with Crippen LogP contribution in [-0.4, -0.2) is 17.7 Å². The number of aryl methyl sites for hydroxylation is 2. The molecule has 2 rings (SSSR count). The quantitative estimate of drug-likeness (QED) is 0.753. The van der Waals surface area contributed by atoms with Gasteiger partial charge in [0.25, 0.3) is 0 Å². The molecule has 0 bridgehead atoms. The van der Waals surface area contributed by atoms with Crippen molar-refractivity contribution in [3.8, 4) is 0 Å². The van der Waals surface area contributed by atoms with E-state index in [0.29, 0.717) is 0 Å². The molecule has 2 aromatic rings. The van der Waals surface area contributed by atoms with E-state index in [1.54, 1.807) is 0 Å². The average Bonchev–Trinajstić information content (AvgIpc) is 2.65. The summed E-state index contributed by atoms with van der Waals surface area (Å²) in [6.07, 6.45) is 2.41. The van der Waals surface area contributed by atoms with Gasteiger partial charge in [0.05, 0.1) is 0 Å². The lowest BCUT2D eigenvalue weighted by atomic mass is 10.2. The van der Waals surface area contributed by atoms with E-state index in [-0.39, 0.29) is 0 Å². The molecule has 0 saturated heterocycles. The molecule has 17 heavy (non-hydrogen) atoms. The van der Waals surface area contributed by atoms with Crippen molar-refractivity contribution in [2.24, 2.45) is 0 Å². The van der Waals surface area contributed by atoms with Crippen LogP contribution in [0.4, 0.5) is 0 Å². The Labute approximate surface area is 104 Å². The number of hydrogen-bond donors (Lipinski definition) is 1. The van der Waals surface area contributed by atoms with Crippen molar-refractivity contribution in [1.82, 2.24) is 9.88 Å². The van der Waals surface area contributed by atoms with E-state index in [2.05, 4.69) is 54.1 Å². The Bertz CT molecular complexity index is 471. The van der Waals surface area contributed by atoms with E-state index < -0.39 is 0 Å². The van der Waals surface area contributed by atoms with Crippen LogP contribution in [-0.2, 0) is 6.54 Å². The van der Waals surface area contributed by atoms with Crippen LogP contribution in [0.25, 0.3) is 10.9 Å². The van der Waals surface area contributed by atoms with Gasteiger partial charge in [0, 0.05) is 17.8 Å². The Hall–Kier alpha value is -1.28. The number of aromatic nitrogens is 1. The standard InChI is InChI=1S/C15H22N2/c1-3-9-16-10-6-11-17-13(2)12-14-7-4-5-8-15(14)17/h4-5,7-8,12,16H,3,6,9-11H2,1-2H3. The minimum absolute atomic E-state index is 1.11. The van der Waals surface area contributed by atoms with Crippen molar-refractivity contribution >= 4 is 10.9 Å². The molecule has 2 heteroatoms. The zero-order chi connectivity index (χ0) is 12.1. The summed E-state index contributed by atoms with van der Waals surface area (Å²) in [4.78, 5) is 0. The molecule has 0 saturated carbocycles. The van der Waals surface area contributed by atoms with Crippen molar-refractivity contribution in [1.29, 1.82) is 0 Å². The summed E-state index contributed by atoms with van der Waals surface area (Å²) in [6.45, 7) is 7.75. The van der Waals surface area contributed by atoms with Crippen molar-refractivity contribution in [3.05, 3.63) is 36.0 Å². The molecule has 0 atom stereocenters. The smallest absolute Gasteiger partial charge is 0.0482 e. The van der Waals surface area contributed by atoms with Gasteiger partial charge in [-0.2, -0.15) is 0 Å². The molecular formula is C15H22N2. The Morgan fingerprint density at radius 3 is 2.82 bits per heavy atom. The van der Waals surface area contributed by atoms with Crippen molar-refractivity contribution in [3.63, 3.8) is 0 Å². The van der Waals surface area contributed by atoms with Crippen LogP contribution in [0.5, 0.6) is 0 Å². The Morgan fingerprint density at radius 2 is 2.00 bits per heavy atom. The molecule has 1 aromatic heterocycles. The summed E-state index contributed by atoms with van der Waals surface area (Å²) >= 11 is 0. The van der Waals surface area contributed by atoms with E-state index in [1.165, 1.54) is 29.4 Å². The Morgan fingerprint density at radius 1 is 1.18 bits per heavy atom. The van der Waals surface area contributed by atoms with E-state index in [9.17, 15) is 0 Å². The molecule has 0 aliphatic carbocycles. The van der Waals surface area contributed by atoms with Crippen LogP contribution in [0, 0.1) is 6.92 Å². The molecule has 1 heterocycles. The molecule has 1 N–H and O–H groups in total. The largest absolute Gasteiger partial charge is 0.345 e. The monoisotopic (exact) mass is 230 g/mol. The molecule has 1 aromatic carbocycles. The molecule has 92 valence electrons. The van der Waals surface area contributed by atoms with Crippen LogP contribution < -0.4 is 5.32 Å². The zero-order valence-electron chi connectivity index (χ0n) is 10.9. The normalized spacial score (nSPS) is 11.2. The van der Waals surface area contributed by atoms with Crippen LogP contribution in [0.2, 0.25) is 0 Å². The number of fused-ring (bicyclic) bond motifs is 1. The molecular weight excluding hydrogens is 208 g/mol. The molecule has 0 amide bonds. The highest BCUT2D eigenvalue weighted by Gasteiger charge is 2.03. The van der Waals surface area contributed by atoms with Crippen molar-refractivity contribution in [2.45, 2.75) is 33.2 Å². The van der Waals surface area contributed by atoms with Gasteiger partial charge < -0.3 is 9.88 Å². The lowest BCUT2D eigenvalue weighted by Gasteiger charge is -2.08. The number of benzene rings is 1. The van der Waals surface area contributed by atoms with Crippen LogP contribution in [0.15, 0.2) is 30.3 Å². The van der Waals surface area contributed by atoms with E-state index in [0.717, 1.165) is 19.6 Å². The van der Waals surface area contributed by atoms with Gasteiger partial charge in [0.15, 0.2) is 0 Å². The lowest BCUT2D eigenvalue weighted by Crippen LogP contribution is -2.17. The second-order valence-electron chi connectivity index (χ2n) is 4.60. The van der Waals surface area contributed by atoms with Crippen molar-refractivity contribution < 1.29 is 0 Å². The molecule has 0 radical (unpaired) electrons. The van der Waals surface area contributed by atoms with E-state index in [4.69, 9.17) is 0 Å². The first kappa shape index (κ1) is 12.2. The van der Waals surface area contributed by atoms with E-state index >= 15 is 0 Å². The zero-order valence-corrected chi connectivity index (χ0v) is 10.9. The molecule has 0 aliphatic rings. The predicted octanol–water partition coefficient (Wildman–Crippen LogP) is 3.34. The lowest BCUT2D eigenvalue weighted by molar-refractivity contribution is 0.582. The minimum atomic E-state index is 1.11. The van der Waals surface area contributed by atoms with Gasteiger partial charge in [-0.15, -0.1) is 0 Å². The third-order valence-electron chi connectivity index (χ3n) is 3.18. The minimum Gasteiger partial charge on any atom is -0.345 e. The van der Waals surface area contributed by atoms with Crippen molar-refractivity contribution in [2.75, 3.05) is 13.1 Å². The number of para-hydroxylation sites is 1. The summed E-state index contributed by atoms with van der Waals surface area (Å²) < 4.78 is 2.42. The number of hydrogen-bond acceptors (Lipinski definition) is 1. The van der Waals surface area contributed by atoms with Gasteiger partial charge >= 0.3 is 0 Å². The average molecular weight is 230 g/mol. The number of nitrogens with zero attached hydrogens (tertiary/aromatic N) is 1. The number of nitrogens with one attached hydrogen (secondary N) is 1. The first-order valence-electron chi connectivity index (χ1n) is 6.58. The third-order valence-corrected chi connectivity index (χ3v) is 3.18. The van der Waals surface area contributed by atoms with E-state index in [1.807, 2.05) is 0 Å². The highest BCUT2D eigenvalue weighted by atomic mass is 15.0. The molecule has 0 aliphatic heterocycles. The summed E-state index contributed by atoms with van der Waals surface area (Å²) in [5.74, 6) is 0. The maximum atomic E-state index is 3.45. The number of rotatable bonds is 6. The first-order valence-corrected chi connectivity index (χ1v) is 6.58. The second kappa shape index (κ2) is 5.87. The SMILES string of the molecule is CCCNCCCn1c(C)cc2ccccc21. The van der Waals surface area contributed by atoms with Gasteiger partial charge in [-0.05, 0) is 50.4 Å². The topological polar surface area (TPSA) is 17.0 Å². The summed E-state index contributed by atoms with van der Waals surface area (Å²) in [5.41, 5.74) is 2.72. The van der Waals surface area contributed by atoms with Gasteiger partial charge in [0.1, 0.15) is 0 Å². The summed E-state index contributed by atoms with van der Waals surface area (Å²) in [6, 6.07) is 10.9. The van der Waals surface area contributed by atoms with Gasteiger partial charge in [-0.25, -0.2) is 0 Å². The Balaban J connectivity index is 2.00. The summed E-state index contributed by atoms with van der Waals surface area (Å²) in [7, 11) is 0. The molecule has 0 fully saturated rings. The molecule has 0 unspecified atom stereocenters. The van der Waals surface area contributed by atoms with Crippen LogP contribution >= 0.6 is 0 Å². The maximum Gasteiger partial charge on any atom is 0.0482 e.